The molecule has 4 aliphatic carbocycles. The molecule has 4 unspecified atom stereocenters. The van der Waals surface area contributed by atoms with E-state index >= 15 is 0 Å². The molecule has 0 radical (unpaired) electrons. The summed E-state index contributed by atoms with van der Waals surface area (Å²) in [6, 6.07) is 0. The number of esters is 1. The Morgan fingerprint density at radius 2 is 1.39 bits per heavy atom. The molecule has 0 aromatic heterocycles. The number of aliphatic hydroxyl groups is 2. The molecular weight excluding hydrogens is 352 g/mol. The maximum atomic E-state index is 13.0. The second-order valence-electron chi connectivity index (χ2n) is 12.5. The lowest BCUT2D eigenvalue weighted by molar-refractivity contribution is -0.210. The highest BCUT2D eigenvalue weighted by Crippen LogP contribution is 2.83. The SMILES string of the molecule is CCC(C)(C)C(=O)OC(C)(C)C12CC3CC(C(C)(C)O)(CC1(C(C)(C)O)C3)C2. The van der Waals surface area contributed by atoms with Crippen LogP contribution in [0.1, 0.15) is 101 Å². The summed E-state index contributed by atoms with van der Waals surface area (Å²) in [5.74, 6) is 0.293. The Balaban J connectivity index is 2.11. The predicted molar refractivity (Wildman–Crippen MR) is 111 cm³/mol. The zero-order valence-electron chi connectivity index (χ0n) is 19.5. The second kappa shape index (κ2) is 5.75. The summed E-state index contributed by atoms with van der Waals surface area (Å²) in [5.41, 5.74) is -3.90. The topological polar surface area (TPSA) is 66.8 Å². The molecule has 162 valence electrons. The summed E-state index contributed by atoms with van der Waals surface area (Å²) in [6.45, 7) is 17.7. The van der Waals surface area contributed by atoms with Gasteiger partial charge >= 0.3 is 5.97 Å². The van der Waals surface area contributed by atoms with Crippen LogP contribution in [-0.2, 0) is 9.53 Å². The van der Waals surface area contributed by atoms with Gasteiger partial charge in [0.05, 0.1) is 16.6 Å². The Morgan fingerprint density at radius 3 is 1.86 bits per heavy atom. The standard InChI is InChI=1S/C24H42O4/c1-10-18(2,3)17(25)28-21(8,9)24-13-16-11-22(15-24,19(4,5)26)14-23(24,12-16)20(6,7)27/h16,26-27H,10-15H2,1-9H3. The van der Waals surface area contributed by atoms with E-state index in [1.54, 1.807) is 0 Å². The molecule has 0 aliphatic heterocycles. The maximum Gasteiger partial charge on any atom is 0.312 e. The van der Waals surface area contributed by atoms with Crippen molar-refractivity contribution < 1.29 is 19.7 Å². The van der Waals surface area contributed by atoms with Crippen molar-refractivity contribution in [3.63, 3.8) is 0 Å². The second-order valence-corrected chi connectivity index (χ2v) is 12.5. The van der Waals surface area contributed by atoms with Crippen LogP contribution in [0.4, 0.5) is 0 Å². The van der Waals surface area contributed by atoms with Gasteiger partial charge in [0.15, 0.2) is 0 Å². The fourth-order valence-electron chi connectivity index (χ4n) is 7.37. The Bertz CT molecular complexity index is 665. The molecular formula is C24H42O4. The summed E-state index contributed by atoms with van der Waals surface area (Å²) >= 11 is 0. The predicted octanol–water partition coefficient (Wildman–Crippen LogP) is 4.85. The summed E-state index contributed by atoms with van der Waals surface area (Å²) in [7, 11) is 0. The van der Waals surface area contributed by atoms with E-state index in [4.69, 9.17) is 4.74 Å². The van der Waals surface area contributed by atoms with E-state index in [2.05, 4.69) is 0 Å². The van der Waals surface area contributed by atoms with E-state index in [-0.39, 0.29) is 22.2 Å². The van der Waals surface area contributed by atoms with E-state index in [1.165, 1.54) is 0 Å². The molecule has 4 nitrogen and oxygen atoms in total. The van der Waals surface area contributed by atoms with Gasteiger partial charge in [0.25, 0.3) is 0 Å². The highest BCUT2D eigenvalue weighted by Gasteiger charge is 2.81. The van der Waals surface area contributed by atoms with Gasteiger partial charge in [0, 0.05) is 16.2 Å². The molecule has 4 atom stereocenters. The number of ether oxygens (including phenoxy) is 1. The third-order valence-electron chi connectivity index (χ3n) is 9.56. The van der Waals surface area contributed by atoms with Crippen molar-refractivity contribution in [2.24, 2.45) is 27.6 Å². The van der Waals surface area contributed by atoms with Gasteiger partial charge in [0.2, 0.25) is 0 Å². The van der Waals surface area contributed by atoms with Gasteiger partial charge in [-0.2, -0.15) is 0 Å². The van der Waals surface area contributed by atoms with Crippen molar-refractivity contribution in [3.05, 3.63) is 0 Å². The maximum absolute atomic E-state index is 13.0. The summed E-state index contributed by atoms with van der Waals surface area (Å²) in [5, 5.41) is 22.6. The lowest BCUT2D eigenvalue weighted by atomic mass is 9.54. The average Bonchev–Trinajstić information content (AvgIpc) is 2.88. The van der Waals surface area contributed by atoms with Crippen LogP contribution in [0.25, 0.3) is 0 Å². The minimum Gasteiger partial charge on any atom is -0.459 e. The number of hydrogen-bond acceptors (Lipinski definition) is 4. The first-order chi connectivity index (χ1) is 12.4. The monoisotopic (exact) mass is 394 g/mol. The number of rotatable bonds is 6. The molecule has 28 heavy (non-hydrogen) atoms. The normalized spacial score (nSPS) is 38.2. The Hall–Kier alpha value is -0.610. The van der Waals surface area contributed by atoms with Gasteiger partial charge < -0.3 is 14.9 Å². The molecule has 4 fully saturated rings. The van der Waals surface area contributed by atoms with Crippen molar-refractivity contribution in [3.8, 4) is 0 Å². The van der Waals surface area contributed by atoms with Gasteiger partial charge in [-0.05, 0) is 99.8 Å². The first-order valence-electron chi connectivity index (χ1n) is 11.1. The number of carbonyl (C=O) groups is 1. The third kappa shape index (κ3) is 2.59. The van der Waals surface area contributed by atoms with Crippen molar-refractivity contribution in [1.82, 2.24) is 0 Å². The minimum absolute atomic E-state index is 0.163. The summed E-state index contributed by atoms with van der Waals surface area (Å²) < 4.78 is 6.30. The quantitative estimate of drug-likeness (QED) is 0.632. The van der Waals surface area contributed by atoms with Crippen molar-refractivity contribution >= 4 is 5.97 Å². The van der Waals surface area contributed by atoms with Gasteiger partial charge in [-0.3, -0.25) is 4.79 Å². The number of carbonyl (C=O) groups excluding carboxylic acids is 1. The van der Waals surface area contributed by atoms with Crippen molar-refractivity contribution in [2.45, 2.75) is 118 Å². The largest absolute Gasteiger partial charge is 0.459 e. The van der Waals surface area contributed by atoms with E-state index in [0.717, 1.165) is 38.5 Å². The van der Waals surface area contributed by atoms with E-state index in [0.29, 0.717) is 5.92 Å². The first kappa shape index (κ1) is 22.1. The molecule has 0 spiro atoms. The highest BCUT2D eigenvalue weighted by atomic mass is 16.6. The summed E-state index contributed by atoms with van der Waals surface area (Å²) in [4.78, 5) is 13.0. The molecule has 0 aromatic rings. The zero-order valence-corrected chi connectivity index (χ0v) is 19.5. The van der Waals surface area contributed by atoms with Crippen LogP contribution in [0.15, 0.2) is 0 Å². The van der Waals surface area contributed by atoms with Crippen molar-refractivity contribution in [2.75, 3.05) is 0 Å². The lowest BCUT2D eigenvalue weighted by Crippen LogP contribution is -2.59. The average molecular weight is 395 g/mol. The number of hydrogen-bond donors (Lipinski definition) is 2. The lowest BCUT2D eigenvalue weighted by Gasteiger charge is -2.55. The molecule has 2 N–H and O–H groups in total. The Kier molecular flexibility index (Phi) is 4.54. The molecule has 0 saturated heterocycles. The van der Waals surface area contributed by atoms with E-state index in [9.17, 15) is 15.0 Å². The fraction of sp³-hybridized carbons (Fsp3) is 0.958. The van der Waals surface area contributed by atoms with Crippen molar-refractivity contribution in [1.29, 1.82) is 0 Å². The molecule has 4 saturated carbocycles. The van der Waals surface area contributed by atoms with Crippen LogP contribution in [-0.4, -0.2) is 33.0 Å². The Labute approximate surface area is 171 Å². The van der Waals surface area contributed by atoms with E-state index in [1.807, 2.05) is 62.3 Å². The molecule has 4 aliphatic rings. The fourth-order valence-corrected chi connectivity index (χ4v) is 7.37. The molecule has 4 rings (SSSR count). The van der Waals surface area contributed by atoms with Crippen LogP contribution >= 0.6 is 0 Å². The van der Waals surface area contributed by atoms with E-state index < -0.39 is 22.2 Å². The Morgan fingerprint density at radius 1 is 0.893 bits per heavy atom. The molecule has 0 aromatic carbocycles. The first-order valence-corrected chi connectivity index (χ1v) is 11.1. The van der Waals surface area contributed by atoms with Gasteiger partial charge in [-0.1, -0.05) is 6.92 Å². The van der Waals surface area contributed by atoms with Gasteiger partial charge in [-0.15, -0.1) is 0 Å². The highest BCUT2D eigenvalue weighted by molar-refractivity contribution is 5.76. The van der Waals surface area contributed by atoms with Crippen LogP contribution in [0.2, 0.25) is 0 Å². The van der Waals surface area contributed by atoms with Crippen LogP contribution in [0.5, 0.6) is 0 Å². The summed E-state index contributed by atoms with van der Waals surface area (Å²) in [6.07, 6.45) is 5.23. The van der Waals surface area contributed by atoms with Crippen LogP contribution in [0, 0.1) is 27.6 Å². The molecule has 4 heteroatoms. The third-order valence-corrected chi connectivity index (χ3v) is 9.56. The molecule has 0 amide bonds. The smallest absolute Gasteiger partial charge is 0.312 e. The van der Waals surface area contributed by atoms with Crippen LogP contribution < -0.4 is 0 Å². The molecule has 0 heterocycles. The minimum atomic E-state index is -0.904. The van der Waals surface area contributed by atoms with Gasteiger partial charge in [0.1, 0.15) is 5.60 Å². The van der Waals surface area contributed by atoms with Gasteiger partial charge in [-0.25, -0.2) is 0 Å². The molecule has 4 bridgehead atoms. The zero-order chi connectivity index (χ0) is 21.6. The van der Waals surface area contributed by atoms with Crippen LogP contribution in [0.3, 0.4) is 0 Å².